The van der Waals surface area contributed by atoms with Crippen molar-refractivity contribution in [3.05, 3.63) is 45.7 Å². The van der Waals surface area contributed by atoms with Gasteiger partial charge in [0.1, 0.15) is 0 Å². The zero-order chi connectivity index (χ0) is 14.8. The minimum Gasteiger partial charge on any atom is -0.338 e. The van der Waals surface area contributed by atoms with E-state index in [0.29, 0.717) is 12.5 Å². The van der Waals surface area contributed by atoms with Crippen molar-refractivity contribution >= 4 is 33.2 Å². The highest BCUT2D eigenvalue weighted by Gasteiger charge is 2.26. The zero-order valence-corrected chi connectivity index (χ0v) is 14.0. The fourth-order valence-corrected chi connectivity index (χ4v) is 3.83. The van der Waals surface area contributed by atoms with E-state index in [-0.39, 0.29) is 5.91 Å². The molecule has 1 unspecified atom stereocenters. The predicted molar refractivity (Wildman–Crippen MR) is 90.5 cm³/mol. The molecule has 0 radical (unpaired) electrons. The van der Waals surface area contributed by atoms with Crippen LogP contribution in [0.1, 0.15) is 16.1 Å². The van der Waals surface area contributed by atoms with Gasteiger partial charge in [-0.15, -0.1) is 11.3 Å². The Morgan fingerprint density at radius 2 is 2.05 bits per heavy atom. The molecule has 1 aromatic heterocycles. The molecule has 21 heavy (non-hydrogen) atoms. The van der Waals surface area contributed by atoms with Gasteiger partial charge in [-0.1, -0.05) is 28.1 Å². The first-order valence-electron chi connectivity index (χ1n) is 7.02. The SMILES string of the molecule is NCC1CCN(C(=O)c2ccc(-c3ccc(Br)cc3)s2)C1. The van der Waals surface area contributed by atoms with Crippen molar-refractivity contribution in [2.24, 2.45) is 11.7 Å². The predicted octanol–water partition coefficient (Wildman–Crippen LogP) is 3.60. The summed E-state index contributed by atoms with van der Waals surface area (Å²) in [5.74, 6) is 0.596. The van der Waals surface area contributed by atoms with Crippen molar-refractivity contribution in [2.45, 2.75) is 6.42 Å². The number of hydrogen-bond donors (Lipinski definition) is 1. The Bertz CT molecular complexity index is 638. The van der Waals surface area contributed by atoms with Crippen LogP contribution in [-0.4, -0.2) is 30.4 Å². The fraction of sp³-hybridized carbons (Fsp3) is 0.312. The Labute approximate surface area is 136 Å². The summed E-state index contributed by atoms with van der Waals surface area (Å²) in [5, 5.41) is 0. The third-order valence-corrected chi connectivity index (χ3v) is 5.50. The van der Waals surface area contributed by atoms with E-state index in [1.54, 1.807) is 11.3 Å². The quantitative estimate of drug-likeness (QED) is 0.904. The highest BCUT2D eigenvalue weighted by Crippen LogP contribution is 2.30. The number of amides is 1. The summed E-state index contributed by atoms with van der Waals surface area (Å²) in [5.41, 5.74) is 6.83. The molecule has 0 aliphatic carbocycles. The number of benzene rings is 1. The standard InChI is InChI=1S/C16H17BrN2OS/c17-13-3-1-12(2-4-13)14-5-6-15(21-14)16(20)19-8-7-11(9-18)10-19/h1-6,11H,7-10,18H2. The maximum atomic E-state index is 12.5. The van der Waals surface area contributed by atoms with Crippen LogP contribution in [0.15, 0.2) is 40.9 Å². The number of halogens is 1. The summed E-state index contributed by atoms with van der Waals surface area (Å²) in [6.45, 7) is 2.28. The van der Waals surface area contributed by atoms with Crippen molar-refractivity contribution in [1.29, 1.82) is 0 Å². The first-order chi connectivity index (χ1) is 10.2. The molecule has 3 nitrogen and oxygen atoms in total. The normalized spacial score (nSPS) is 18.2. The molecular formula is C16H17BrN2OS. The first-order valence-corrected chi connectivity index (χ1v) is 8.63. The van der Waals surface area contributed by atoms with Crippen molar-refractivity contribution in [3.8, 4) is 10.4 Å². The van der Waals surface area contributed by atoms with E-state index in [9.17, 15) is 4.79 Å². The second-order valence-corrected chi connectivity index (χ2v) is 7.31. The maximum Gasteiger partial charge on any atom is 0.263 e. The van der Waals surface area contributed by atoms with E-state index in [1.165, 1.54) is 0 Å². The molecular weight excluding hydrogens is 348 g/mol. The van der Waals surface area contributed by atoms with Crippen LogP contribution in [0.3, 0.4) is 0 Å². The van der Waals surface area contributed by atoms with Crippen LogP contribution in [0.25, 0.3) is 10.4 Å². The summed E-state index contributed by atoms with van der Waals surface area (Å²) in [6.07, 6.45) is 1.02. The van der Waals surface area contributed by atoms with Crippen LogP contribution >= 0.6 is 27.3 Å². The molecule has 0 bridgehead atoms. The van der Waals surface area contributed by atoms with Gasteiger partial charge in [-0.2, -0.15) is 0 Å². The van der Waals surface area contributed by atoms with Crippen LogP contribution in [0.2, 0.25) is 0 Å². The Morgan fingerprint density at radius 1 is 1.29 bits per heavy atom. The van der Waals surface area contributed by atoms with E-state index < -0.39 is 0 Å². The van der Waals surface area contributed by atoms with E-state index >= 15 is 0 Å². The molecule has 1 aliphatic rings. The fourth-order valence-electron chi connectivity index (χ4n) is 2.59. The molecule has 2 N–H and O–H groups in total. The van der Waals surface area contributed by atoms with Gasteiger partial charge in [0.05, 0.1) is 4.88 Å². The van der Waals surface area contributed by atoms with Crippen LogP contribution in [0.4, 0.5) is 0 Å². The largest absolute Gasteiger partial charge is 0.338 e. The molecule has 0 saturated carbocycles. The zero-order valence-electron chi connectivity index (χ0n) is 11.6. The molecule has 1 aliphatic heterocycles. The van der Waals surface area contributed by atoms with Gasteiger partial charge >= 0.3 is 0 Å². The molecule has 2 aromatic rings. The van der Waals surface area contributed by atoms with E-state index in [1.807, 2.05) is 29.2 Å². The maximum absolute atomic E-state index is 12.5. The number of nitrogens with two attached hydrogens (primary N) is 1. The van der Waals surface area contributed by atoms with Gasteiger partial charge in [0.15, 0.2) is 0 Å². The van der Waals surface area contributed by atoms with Gasteiger partial charge in [0.2, 0.25) is 0 Å². The highest BCUT2D eigenvalue weighted by atomic mass is 79.9. The number of likely N-dealkylation sites (tertiary alicyclic amines) is 1. The molecule has 3 rings (SSSR count). The number of carbonyl (C=O) groups is 1. The Kier molecular flexibility index (Phi) is 4.42. The second kappa shape index (κ2) is 6.30. The lowest BCUT2D eigenvalue weighted by atomic mass is 10.1. The molecule has 0 spiro atoms. The summed E-state index contributed by atoms with van der Waals surface area (Å²) in [7, 11) is 0. The Morgan fingerprint density at radius 3 is 2.71 bits per heavy atom. The van der Waals surface area contributed by atoms with E-state index in [2.05, 4.69) is 28.1 Å². The monoisotopic (exact) mass is 364 g/mol. The van der Waals surface area contributed by atoms with E-state index in [0.717, 1.165) is 39.3 Å². The first kappa shape index (κ1) is 14.8. The highest BCUT2D eigenvalue weighted by molar-refractivity contribution is 9.10. The smallest absolute Gasteiger partial charge is 0.263 e. The molecule has 1 amide bonds. The van der Waals surface area contributed by atoms with Gasteiger partial charge in [-0.05, 0) is 48.7 Å². The topological polar surface area (TPSA) is 46.3 Å². The van der Waals surface area contributed by atoms with Crippen LogP contribution in [0, 0.1) is 5.92 Å². The Balaban J connectivity index is 1.75. The molecule has 1 aromatic carbocycles. The van der Waals surface area contributed by atoms with Crippen molar-refractivity contribution < 1.29 is 4.79 Å². The van der Waals surface area contributed by atoms with Crippen LogP contribution in [0.5, 0.6) is 0 Å². The molecule has 5 heteroatoms. The average molecular weight is 365 g/mol. The molecule has 2 heterocycles. The van der Waals surface area contributed by atoms with Crippen LogP contribution < -0.4 is 5.73 Å². The summed E-state index contributed by atoms with van der Waals surface area (Å²) >= 11 is 4.99. The third-order valence-electron chi connectivity index (χ3n) is 3.85. The van der Waals surface area contributed by atoms with Crippen molar-refractivity contribution in [2.75, 3.05) is 19.6 Å². The minimum absolute atomic E-state index is 0.138. The summed E-state index contributed by atoms with van der Waals surface area (Å²) in [4.78, 5) is 16.4. The van der Waals surface area contributed by atoms with Gasteiger partial charge in [0.25, 0.3) is 5.91 Å². The number of thiophene rings is 1. The van der Waals surface area contributed by atoms with Crippen LogP contribution in [-0.2, 0) is 0 Å². The van der Waals surface area contributed by atoms with Gasteiger partial charge < -0.3 is 10.6 Å². The average Bonchev–Trinajstić information content (AvgIpc) is 3.16. The lowest BCUT2D eigenvalue weighted by Crippen LogP contribution is -2.29. The number of carbonyl (C=O) groups excluding carboxylic acids is 1. The van der Waals surface area contributed by atoms with Gasteiger partial charge in [-0.25, -0.2) is 0 Å². The number of hydrogen-bond acceptors (Lipinski definition) is 3. The lowest BCUT2D eigenvalue weighted by Gasteiger charge is -2.14. The number of rotatable bonds is 3. The number of nitrogens with zero attached hydrogens (tertiary/aromatic N) is 1. The lowest BCUT2D eigenvalue weighted by molar-refractivity contribution is 0.0792. The molecule has 1 saturated heterocycles. The molecule has 1 atom stereocenters. The summed E-state index contributed by atoms with van der Waals surface area (Å²) in [6, 6.07) is 12.1. The second-order valence-electron chi connectivity index (χ2n) is 5.31. The van der Waals surface area contributed by atoms with E-state index in [4.69, 9.17) is 5.73 Å². The van der Waals surface area contributed by atoms with Gasteiger partial charge in [-0.3, -0.25) is 4.79 Å². The summed E-state index contributed by atoms with van der Waals surface area (Å²) < 4.78 is 1.06. The van der Waals surface area contributed by atoms with Crippen molar-refractivity contribution in [1.82, 2.24) is 4.90 Å². The molecule has 110 valence electrons. The Hall–Kier alpha value is -1.17. The molecule has 1 fully saturated rings. The van der Waals surface area contributed by atoms with Crippen molar-refractivity contribution in [3.63, 3.8) is 0 Å². The minimum atomic E-state index is 0.138. The third kappa shape index (κ3) is 3.20. The van der Waals surface area contributed by atoms with Gasteiger partial charge in [0, 0.05) is 22.4 Å².